The second kappa shape index (κ2) is 7.14. The van der Waals surface area contributed by atoms with Gasteiger partial charge in [-0.2, -0.15) is 11.8 Å². The van der Waals surface area contributed by atoms with Crippen molar-refractivity contribution in [2.24, 2.45) is 0 Å². The second-order valence-corrected chi connectivity index (χ2v) is 5.01. The molecule has 1 aromatic carbocycles. The van der Waals surface area contributed by atoms with E-state index in [1.54, 1.807) is 0 Å². The van der Waals surface area contributed by atoms with Crippen molar-refractivity contribution in [3.63, 3.8) is 0 Å². The fraction of sp³-hybridized carbons (Fsp3) is 0.455. The van der Waals surface area contributed by atoms with Crippen molar-refractivity contribution in [1.29, 1.82) is 0 Å². The van der Waals surface area contributed by atoms with Crippen molar-refractivity contribution in [3.8, 4) is 5.75 Å². The number of ether oxygens (including phenoxy) is 1. The highest BCUT2D eigenvalue weighted by Crippen LogP contribution is 2.23. The highest BCUT2D eigenvalue weighted by Gasteiger charge is 2.03. The summed E-state index contributed by atoms with van der Waals surface area (Å²) in [6.45, 7) is 0.715. The molecule has 0 aliphatic rings. The summed E-state index contributed by atoms with van der Waals surface area (Å²) >= 11 is 5.17. The van der Waals surface area contributed by atoms with E-state index >= 15 is 0 Å². The predicted octanol–water partition coefficient (Wildman–Crippen LogP) is 3.07. The number of benzene rings is 1. The summed E-state index contributed by atoms with van der Waals surface area (Å²) < 4.78 is 6.55. The van der Waals surface area contributed by atoms with Crippen LogP contribution < -0.4 is 4.74 Å². The molecule has 84 valence electrons. The van der Waals surface area contributed by atoms with Crippen LogP contribution in [0.5, 0.6) is 5.75 Å². The summed E-state index contributed by atoms with van der Waals surface area (Å²) in [6, 6.07) is 5.68. The van der Waals surface area contributed by atoms with Crippen LogP contribution in [-0.2, 0) is 6.61 Å². The lowest BCUT2D eigenvalue weighted by Gasteiger charge is -2.09. The Balaban J connectivity index is 2.52. The van der Waals surface area contributed by atoms with Gasteiger partial charge in [0.05, 0.1) is 13.2 Å². The highest BCUT2D eigenvalue weighted by atomic mass is 79.9. The molecule has 1 rings (SSSR count). The number of rotatable bonds is 6. The van der Waals surface area contributed by atoms with E-state index in [1.807, 2.05) is 30.0 Å². The molecule has 0 bridgehead atoms. The fourth-order valence-corrected chi connectivity index (χ4v) is 2.01. The normalized spacial score (nSPS) is 10.3. The van der Waals surface area contributed by atoms with E-state index in [0.717, 1.165) is 28.0 Å². The van der Waals surface area contributed by atoms with Crippen molar-refractivity contribution in [1.82, 2.24) is 0 Å². The quantitative estimate of drug-likeness (QED) is 0.817. The van der Waals surface area contributed by atoms with Gasteiger partial charge in [0, 0.05) is 10.0 Å². The molecule has 0 spiro atoms. The Bertz CT molecular complexity index is 305. The number of thioether (sulfide) groups is 1. The zero-order valence-electron chi connectivity index (χ0n) is 8.70. The van der Waals surface area contributed by atoms with Crippen LogP contribution >= 0.6 is 27.7 Å². The Morgan fingerprint density at radius 3 is 2.93 bits per heavy atom. The molecule has 0 heterocycles. The first-order valence-corrected chi connectivity index (χ1v) is 6.97. The highest BCUT2D eigenvalue weighted by molar-refractivity contribution is 9.10. The molecule has 2 nitrogen and oxygen atoms in total. The third-order valence-electron chi connectivity index (χ3n) is 1.94. The topological polar surface area (TPSA) is 29.5 Å². The zero-order valence-corrected chi connectivity index (χ0v) is 11.1. The van der Waals surface area contributed by atoms with Gasteiger partial charge >= 0.3 is 0 Å². The molecule has 1 aromatic rings. The molecule has 0 unspecified atom stereocenters. The van der Waals surface area contributed by atoms with Crippen LogP contribution in [-0.4, -0.2) is 23.7 Å². The summed E-state index contributed by atoms with van der Waals surface area (Å²) in [6.07, 6.45) is 3.11. The largest absolute Gasteiger partial charge is 0.493 e. The molecule has 0 aromatic heterocycles. The Hall–Kier alpha value is -0.190. The molecule has 0 saturated heterocycles. The van der Waals surface area contributed by atoms with Crippen LogP contribution in [0.2, 0.25) is 0 Å². The summed E-state index contributed by atoms with van der Waals surface area (Å²) in [5, 5.41) is 9.14. The number of hydrogen-bond acceptors (Lipinski definition) is 3. The Kier molecular flexibility index (Phi) is 6.13. The minimum Gasteiger partial charge on any atom is -0.493 e. The van der Waals surface area contributed by atoms with Gasteiger partial charge in [0.2, 0.25) is 0 Å². The summed E-state index contributed by atoms with van der Waals surface area (Å²) in [4.78, 5) is 0. The van der Waals surface area contributed by atoms with Crippen LogP contribution in [0.1, 0.15) is 12.0 Å². The molecule has 0 aliphatic carbocycles. The average molecular weight is 291 g/mol. The first kappa shape index (κ1) is 12.9. The van der Waals surface area contributed by atoms with Gasteiger partial charge in [0.1, 0.15) is 5.75 Å². The van der Waals surface area contributed by atoms with Crippen LogP contribution in [0.4, 0.5) is 0 Å². The van der Waals surface area contributed by atoms with E-state index in [-0.39, 0.29) is 6.61 Å². The van der Waals surface area contributed by atoms with Gasteiger partial charge in [-0.3, -0.25) is 0 Å². The van der Waals surface area contributed by atoms with Gasteiger partial charge in [-0.15, -0.1) is 0 Å². The molecular weight excluding hydrogens is 276 g/mol. The smallest absolute Gasteiger partial charge is 0.124 e. The standard InChI is InChI=1S/C11H15BrO2S/c1-15-6-2-5-14-11-4-3-10(12)7-9(11)8-13/h3-4,7,13H,2,5-6,8H2,1H3. The molecule has 0 atom stereocenters. The fourth-order valence-electron chi connectivity index (χ4n) is 1.20. The second-order valence-electron chi connectivity index (χ2n) is 3.10. The molecule has 1 N–H and O–H groups in total. The van der Waals surface area contributed by atoms with E-state index in [9.17, 15) is 0 Å². The van der Waals surface area contributed by atoms with Crippen LogP contribution in [0.25, 0.3) is 0 Å². The minimum atomic E-state index is 0.0112. The summed E-state index contributed by atoms with van der Waals surface area (Å²) in [7, 11) is 0. The average Bonchev–Trinajstić information content (AvgIpc) is 2.26. The van der Waals surface area contributed by atoms with Gasteiger partial charge in [0.25, 0.3) is 0 Å². The SMILES string of the molecule is CSCCCOc1ccc(Br)cc1CO. The maximum atomic E-state index is 9.14. The minimum absolute atomic E-state index is 0.0112. The van der Waals surface area contributed by atoms with Gasteiger partial charge in [0.15, 0.2) is 0 Å². The van der Waals surface area contributed by atoms with Crippen molar-refractivity contribution >= 4 is 27.7 Å². The lowest BCUT2D eigenvalue weighted by atomic mass is 10.2. The molecule has 0 aliphatic heterocycles. The third-order valence-corrected chi connectivity index (χ3v) is 3.13. The van der Waals surface area contributed by atoms with Gasteiger partial charge in [-0.25, -0.2) is 0 Å². The molecule has 0 saturated carbocycles. The summed E-state index contributed by atoms with van der Waals surface area (Å²) in [5.74, 6) is 1.88. The van der Waals surface area contributed by atoms with Crippen molar-refractivity contribution in [3.05, 3.63) is 28.2 Å². The van der Waals surface area contributed by atoms with E-state index in [4.69, 9.17) is 9.84 Å². The Morgan fingerprint density at radius 1 is 1.47 bits per heavy atom. The number of halogens is 1. The van der Waals surface area contributed by atoms with Crippen LogP contribution in [0.3, 0.4) is 0 Å². The van der Waals surface area contributed by atoms with E-state index in [0.29, 0.717) is 6.61 Å². The monoisotopic (exact) mass is 290 g/mol. The Labute approximate surface area is 103 Å². The zero-order chi connectivity index (χ0) is 11.1. The van der Waals surface area contributed by atoms with Gasteiger partial charge in [-0.1, -0.05) is 15.9 Å². The maximum Gasteiger partial charge on any atom is 0.124 e. The van der Waals surface area contributed by atoms with Crippen LogP contribution in [0.15, 0.2) is 22.7 Å². The lowest BCUT2D eigenvalue weighted by molar-refractivity contribution is 0.263. The third kappa shape index (κ3) is 4.45. The van der Waals surface area contributed by atoms with Gasteiger partial charge < -0.3 is 9.84 Å². The van der Waals surface area contributed by atoms with E-state index < -0.39 is 0 Å². The summed E-state index contributed by atoms with van der Waals surface area (Å²) in [5.41, 5.74) is 0.827. The van der Waals surface area contributed by atoms with E-state index in [1.165, 1.54) is 0 Å². The lowest BCUT2D eigenvalue weighted by Crippen LogP contribution is -2.01. The van der Waals surface area contributed by atoms with Crippen molar-refractivity contribution in [2.75, 3.05) is 18.6 Å². The number of aliphatic hydroxyl groups is 1. The van der Waals surface area contributed by atoms with Crippen molar-refractivity contribution < 1.29 is 9.84 Å². The number of hydrogen-bond donors (Lipinski definition) is 1. The van der Waals surface area contributed by atoms with Crippen molar-refractivity contribution in [2.45, 2.75) is 13.0 Å². The Morgan fingerprint density at radius 2 is 2.27 bits per heavy atom. The maximum absolute atomic E-state index is 9.14. The molecule has 0 amide bonds. The molecular formula is C11H15BrO2S. The molecule has 0 fully saturated rings. The first-order valence-electron chi connectivity index (χ1n) is 4.79. The molecule has 15 heavy (non-hydrogen) atoms. The first-order chi connectivity index (χ1) is 7.27. The van der Waals surface area contributed by atoms with Gasteiger partial charge in [-0.05, 0) is 36.6 Å². The van der Waals surface area contributed by atoms with Crippen LogP contribution in [0, 0.1) is 0 Å². The predicted molar refractivity (Wildman–Crippen MR) is 68.6 cm³/mol. The van der Waals surface area contributed by atoms with E-state index in [2.05, 4.69) is 22.2 Å². The molecule has 0 radical (unpaired) electrons. The number of aliphatic hydroxyl groups excluding tert-OH is 1. The molecule has 4 heteroatoms.